The van der Waals surface area contributed by atoms with E-state index in [9.17, 15) is 14.7 Å². The minimum absolute atomic E-state index is 0.0556. The third-order valence-corrected chi connectivity index (χ3v) is 8.03. The summed E-state index contributed by atoms with van der Waals surface area (Å²) in [5, 5.41) is 9.88. The average Bonchev–Trinajstić information content (AvgIpc) is 2.73. The third-order valence-electron chi connectivity index (χ3n) is 5.97. The maximum Gasteiger partial charge on any atom is 0.168 e. The van der Waals surface area contributed by atoms with Crippen molar-refractivity contribution in [2.45, 2.75) is 58.2 Å². The molecule has 1 atom stereocenters. The normalized spacial score (nSPS) is 18.9. The molecule has 174 valence electrons. The lowest BCUT2D eigenvalue weighted by Gasteiger charge is -2.41. The molecular weight excluding hydrogens is 428 g/mol. The first-order valence-corrected chi connectivity index (χ1v) is 12.9. The van der Waals surface area contributed by atoms with Gasteiger partial charge in [0.1, 0.15) is 0 Å². The van der Waals surface area contributed by atoms with Crippen LogP contribution in [0.5, 0.6) is 0 Å². The van der Waals surface area contributed by atoms with Crippen molar-refractivity contribution < 1.29 is 14.7 Å². The number of thiol groups is 1. The SMILES string of the molecule is CC(C)(C)C(=O)c1ccc(CCCN2CCN(CC(=O)C(C)(C)SS)C[C@@H]2CO)cc1. The standard InChI is InChI=1S/C24H38N2O3S2/c1-23(2,3)22(29)19-10-8-18(9-11-19)7-6-12-26-14-13-25(15-20(26)17-27)16-21(28)24(4,5)31-30/h8-11,20,27,30H,6-7,12-17H2,1-5H3/t20-/m1/s1. The number of ketones is 2. The van der Waals surface area contributed by atoms with Crippen molar-refractivity contribution in [2.75, 3.05) is 39.3 Å². The second-order valence-corrected chi connectivity index (χ2v) is 11.8. The lowest BCUT2D eigenvalue weighted by atomic mass is 9.86. The van der Waals surface area contributed by atoms with Gasteiger partial charge in [0.05, 0.1) is 17.9 Å². The van der Waals surface area contributed by atoms with Crippen LogP contribution in [-0.4, -0.2) is 76.6 Å². The fourth-order valence-electron chi connectivity index (χ4n) is 3.75. The second kappa shape index (κ2) is 11.3. The highest BCUT2D eigenvalue weighted by Gasteiger charge is 2.32. The van der Waals surface area contributed by atoms with Crippen LogP contribution in [0.2, 0.25) is 0 Å². The van der Waals surface area contributed by atoms with Crippen LogP contribution in [0.1, 0.15) is 57.0 Å². The Morgan fingerprint density at radius 2 is 1.77 bits per heavy atom. The van der Waals surface area contributed by atoms with Crippen LogP contribution in [0.15, 0.2) is 24.3 Å². The van der Waals surface area contributed by atoms with Crippen LogP contribution in [0, 0.1) is 5.41 Å². The van der Waals surface area contributed by atoms with E-state index in [1.807, 2.05) is 58.9 Å². The topological polar surface area (TPSA) is 60.9 Å². The van der Waals surface area contributed by atoms with E-state index in [0.717, 1.165) is 38.0 Å². The van der Waals surface area contributed by atoms with Crippen molar-refractivity contribution in [3.63, 3.8) is 0 Å². The molecule has 7 heteroatoms. The third kappa shape index (κ3) is 7.60. The summed E-state index contributed by atoms with van der Waals surface area (Å²) in [6, 6.07) is 8.01. The molecule has 0 spiro atoms. The minimum atomic E-state index is -0.498. The largest absolute Gasteiger partial charge is 0.395 e. The van der Waals surface area contributed by atoms with Crippen LogP contribution in [0.4, 0.5) is 0 Å². The van der Waals surface area contributed by atoms with Gasteiger partial charge in [0.2, 0.25) is 0 Å². The fourth-order valence-corrected chi connectivity index (χ4v) is 4.23. The molecule has 1 aromatic carbocycles. The maximum absolute atomic E-state index is 12.5. The van der Waals surface area contributed by atoms with Crippen molar-refractivity contribution in [3.8, 4) is 0 Å². The molecule has 0 saturated carbocycles. The number of aliphatic hydroxyl groups is 1. The molecular formula is C24H38N2O3S2. The molecule has 1 aliphatic rings. The summed E-state index contributed by atoms with van der Waals surface area (Å²) in [6.45, 7) is 13.4. The van der Waals surface area contributed by atoms with E-state index in [4.69, 9.17) is 0 Å². The van der Waals surface area contributed by atoms with Crippen LogP contribution in [0.3, 0.4) is 0 Å². The van der Waals surface area contributed by atoms with E-state index < -0.39 is 4.75 Å². The van der Waals surface area contributed by atoms with Crippen LogP contribution in [0.25, 0.3) is 0 Å². The summed E-state index contributed by atoms with van der Waals surface area (Å²) in [5.74, 6) is 0.337. The van der Waals surface area contributed by atoms with Gasteiger partial charge in [-0.2, -0.15) is 0 Å². The number of benzene rings is 1. The number of Topliss-reactive ketones (excluding diaryl/α,β-unsaturated/α-hetero) is 2. The molecule has 0 aliphatic carbocycles. The number of nitrogens with zero attached hydrogens (tertiary/aromatic N) is 2. The highest BCUT2D eigenvalue weighted by molar-refractivity contribution is 8.69. The Morgan fingerprint density at radius 1 is 1.13 bits per heavy atom. The number of aryl methyl sites for hydroxylation is 1. The first-order chi connectivity index (χ1) is 14.5. The Morgan fingerprint density at radius 3 is 2.32 bits per heavy atom. The fraction of sp³-hybridized carbons (Fsp3) is 0.667. The lowest BCUT2D eigenvalue weighted by molar-refractivity contribution is -0.122. The Balaban J connectivity index is 1.82. The molecule has 0 aromatic heterocycles. The molecule has 0 radical (unpaired) electrons. The van der Waals surface area contributed by atoms with E-state index in [-0.39, 0.29) is 29.6 Å². The van der Waals surface area contributed by atoms with Gasteiger partial charge in [0.15, 0.2) is 11.6 Å². The molecule has 1 N–H and O–H groups in total. The molecule has 1 aliphatic heterocycles. The highest BCUT2D eigenvalue weighted by atomic mass is 33.1. The zero-order chi connectivity index (χ0) is 23.2. The molecule has 1 aromatic rings. The van der Waals surface area contributed by atoms with Crippen molar-refractivity contribution in [3.05, 3.63) is 35.4 Å². The summed E-state index contributed by atoms with van der Waals surface area (Å²) in [7, 11) is 1.28. The van der Waals surface area contributed by atoms with E-state index in [1.165, 1.54) is 16.4 Å². The Bertz CT molecular complexity index is 744. The Hall–Kier alpha value is -0.860. The van der Waals surface area contributed by atoms with Gasteiger partial charge in [-0.15, -0.1) is 11.7 Å². The van der Waals surface area contributed by atoms with E-state index in [0.29, 0.717) is 13.1 Å². The van der Waals surface area contributed by atoms with Crippen LogP contribution in [-0.2, 0) is 11.2 Å². The zero-order valence-electron chi connectivity index (χ0n) is 19.6. The zero-order valence-corrected chi connectivity index (χ0v) is 21.3. The maximum atomic E-state index is 12.5. The second-order valence-electron chi connectivity index (χ2n) is 10.0. The average molecular weight is 467 g/mol. The Kier molecular flexibility index (Phi) is 9.64. The Labute approximate surface area is 196 Å². The van der Waals surface area contributed by atoms with E-state index >= 15 is 0 Å². The van der Waals surface area contributed by atoms with Crippen LogP contribution >= 0.6 is 22.5 Å². The predicted octanol–water partition coefficient (Wildman–Crippen LogP) is 3.75. The number of carbonyl (C=O) groups excluding carboxylic acids is 2. The van der Waals surface area contributed by atoms with Crippen molar-refractivity contribution in [1.82, 2.24) is 9.80 Å². The number of hydrogen-bond acceptors (Lipinski definition) is 7. The highest BCUT2D eigenvalue weighted by Crippen LogP contribution is 2.29. The van der Waals surface area contributed by atoms with E-state index in [2.05, 4.69) is 21.5 Å². The molecule has 1 saturated heterocycles. The van der Waals surface area contributed by atoms with Crippen molar-refractivity contribution in [1.29, 1.82) is 0 Å². The minimum Gasteiger partial charge on any atom is -0.395 e. The monoisotopic (exact) mass is 466 g/mol. The van der Waals surface area contributed by atoms with Crippen LogP contribution < -0.4 is 0 Å². The number of rotatable bonds is 10. The molecule has 0 unspecified atom stereocenters. The number of hydrogen-bond donors (Lipinski definition) is 2. The molecule has 1 heterocycles. The lowest BCUT2D eigenvalue weighted by Crippen LogP contribution is -2.56. The summed E-state index contributed by atoms with van der Waals surface area (Å²) in [6.07, 6.45) is 1.93. The number of aliphatic hydroxyl groups excluding tert-OH is 1. The number of piperazine rings is 1. The number of carbonyl (C=O) groups is 2. The van der Waals surface area contributed by atoms with Crippen molar-refractivity contribution >= 4 is 34.0 Å². The summed E-state index contributed by atoms with van der Waals surface area (Å²) in [4.78, 5) is 29.3. The van der Waals surface area contributed by atoms with Gasteiger partial charge in [-0.25, -0.2) is 0 Å². The molecule has 1 fully saturated rings. The van der Waals surface area contributed by atoms with Gasteiger partial charge < -0.3 is 5.11 Å². The molecule has 2 rings (SSSR count). The van der Waals surface area contributed by atoms with Crippen molar-refractivity contribution in [2.24, 2.45) is 5.41 Å². The smallest absolute Gasteiger partial charge is 0.168 e. The van der Waals surface area contributed by atoms with Gasteiger partial charge in [0, 0.05) is 36.7 Å². The van der Waals surface area contributed by atoms with Gasteiger partial charge in [-0.3, -0.25) is 19.4 Å². The summed E-state index contributed by atoms with van der Waals surface area (Å²) in [5.41, 5.74) is 1.62. The predicted molar refractivity (Wildman–Crippen MR) is 133 cm³/mol. The molecule has 31 heavy (non-hydrogen) atoms. The van der Waals surface area contributed by atoms with Gasteiger partial charge in [-0.05, 0) is 38.8 Å². The molecule has 0 bridgehead atoms. The summed E-state index contributed by atoms with van der Waals surface area (Å²) < 4.78 is -0.498. The molecule has 5 nitrogen and oxygen atoms in total. The van der Waals surface area contributed by atoms with E-state index in [1.54, 1.807) is 0 Å². The van der Waals surface area contributed by atoms with Gasteiger partial charge in [0.25, 0.3) is 0 Å². The quantitative estimate of drug-likeness (QED) is 0.311. The van der Waals surface area contributed by atoms with Gasteiger partial charge >= 0.3 is 0 Å². The summed E-state index contributed by atoms with van der Waals surface area (Å²) >= 11 is 4.22. The first-order valence-electron chi connectivity index (χ1n) is 11.0. The first kappa shape index (κ1) is 26.4. The van der Waals surface area contributed by atoms with Gasteiger partial charge in [-0.1, -0.05) is 55.8 Å². The molecule has 0 amide bonds.